The van der Waals surface area contributed by atoms with Crippen molar-refractivity contribution in [3.05, 3.63) is 29.3 Å². The predicted molar refractivity (Wildman–Crippen MR) is 97.4 cm³/mol. The molecule has 0 heterocycles. The van der Waals surface area contributed by atoms with Crippen LogP contribution in [0.3, 0.4) is 0 Å². The fourth-order valence-electron chi connectivity index (χ4n) is 2.12. The maximum atomic E-state index is 12.0. The molecule has 1 aromatic carbocycles. The van der Waals surface area contributed by atoms with Crippen LogP contribution in [0.5, 0.6) is 5.75 Å². The standard InChI is InChI=1S/C17H26ClNO4S/c1-3-4-5-12-24(21,22)14-17(20)19(2)10-7-11-23-16-9-6-8-15(18)13-16/h6,8-9,13H,3-5,7,10-12,14H2,1-2H3. The van der Waals surface area contributed by atoms with Gasteiger partial charge in [0.15, 0.2) is 9.84 Å². The highest BCUT2D eigenvalue weighted by Crippen LogP contribution is 2.17. The average Bonchev–Trinajstić information content (AvgIpc) is 2.51. The zero-order chi connectivity index (χ0) is 18.0. The quantitative estimate of drug-likeness (QED) is 0.557. The molecule has 1 amide bonds. The van der Waals surface area contributed by atoms with E-state index in [1.165, 1.54) is 4.90 Å². The number of ether oxygens (including phenoxy) is 1. The van der Waals surface area contributed by atoms with E-state index in [0.717, 1.165) is 12.8 Å². The van der Waals surface area contributed by atoms with Crippen molar-refractivity contribution in [3.8, 4) is 5.75 Å². The topological polar surface area (TPSA) is 63.7 Å². The molecule has 0 N–H and O–H groups in total. The fraction of sp³-hybridized carbons (Fsp3) is 0.588. The maximum absolute atomic E-state index is 12.0. The van der Waals surface area contributed by atoms with Gasteiger partial charge in [-0.25, -0.2) is 8.42 Å². The number of unbranched alkanes of at least 4 members (excludes halogenated alkanes) is 2. The smallest absolute Gasteiger partial charge is 0.237 e. The molecule has 5 nitrogen and oxygen atoms in total. The van der Waals surface area contributed by atoms with Gasteiger partial charge in [0.05, 0.1) is 12.4 Å². The van der Waals surface area contributed by atoms with Crippen molar-refractivity contribution in [3.63, 3.8) is 0 Å². The highest BCUT2D eigenvalue weighted by atomic mass is 35.5. The van der Waals surface area contributed by atoms with E-state index in [-0.39, 0.29) is 11.7 Å². The number of hydrogen-bond acceptors (Lipinski definition) is 4. The second kappa shape index (κ2) is 10.6. The molecule has 0 saturated heterocycles. The number of hydrogen-bond donors (Lipinski definition) is 0. The minimum Gasteiger partial charge on any atom is -0.493 e. The van der Waals surface area contributed by atoms with Gasteiger partial charge in [0.25, 0.3) is 0 Å². The van der Waals surface area contributed by atoms with Gasteiger partial charge in [-0.3, -0.25) is 4.79 Å². The van der Waals surface area contributed by atoms with Gasteiger partial charge in [-0.15, -0.1) is 0 Å². The van der Waals surface area contributed by atoms with E-state index in [0.29, 0.717) is 36.8 Å². The van der Waals surface area contributed by atoms with Crippen LogP contribution >= 0.6 is 11.6 Å². The molecule has 136 valence electrons. The SMILES string of the molecule is CCCCCS(=O)(=O)CC(=O)N(C)CCCOc1cccc(Cl)c1. The van der Waals surface area contributed by atoms with E-state index in [1.807, 2.05) is 13.0 Å². The van der Waals surface area contributed by atoms with Crippen LogP contribution in [-0.4, -0.2) is 50.9 Å². The molecule has 0 unspecified atom stereocenters. The molecule has 0 spiro atoms. The summed E-state index contributed by atoms with van der Waals surface area (Å²) in [4.78, 5) is 13.4. The summed E-state index contributed by atoms with van der Waals surface area (Å²) < 4.78 is 29.3. The summed E-state index contributed by atoms with van der Waals surface area (Å²) in [5, 5.41) is 0.605. The predicted octanol–water partition coefficient (Wildman–Crippen LogP) is 3.17. The van der Waals surface area contributed by atoms with Crippen molar-refractivity contribution in [1.82, 2.24) is 4.90 Å². The summed E-state index contributed by atoms with van der Waals surface area (Å²) in [7, 11) is -1.70. The zero-order valence-corrected chi connectivity index (χ0v) is 15.9. The summed E-state index contributed by atoms with van der Waals surface area (Å²) in [6.07, 6.45) is 3.05. The number of nitrogens with zero attached hydrogens (tertiary/aromatic N) is 1. The molecule has 0 bridgehead atoms. The Kier molecular flexibility index (Phi) is 9.14. The Labute approximate surface area is 149 Å². The van der Waals surface area contributed by atoms with Gasteiger partial charge < -0.3 is 9.64 Å². The number of benzene rings is 1. The van der Waals surface area contributed by atoms with Crippen LogP contribution in [-0.2, 0) is 14.6 Å². The van der Waals surface area contributed by atoms with Crippen molar-refractivity contribution < 1.29 is 17.9 Å². The first-order chi connectivity index (χ1) is 11.3. The molecular weight excluding hydrogens is 350 g/mol. The van der Waals surface area contributed by atoms with Crippen molar-refractivity contribution in [1.29, 1.82) is 0 Å². The van der Waals surface area contributed by atoms with Gasteiger partial charge in [0.2, 0.25) is 5.91 Å². The first kappa shape index (κ1) is 20.8. The van der Waals surface area contributed by atoms with Gasteiger partial charge in [0, 0.05) is 18.6 Å². The lowest BCUT2D eigenvalue weighted by molar-refractivity contribution is -0.127. The van der Waals surface area contributed by atoms with E-state index in [1.54, 1.807) is 25.2 Å². The van der Waals surface area contributed by atoms with Crippen LogP contribution in [0.15, 0.2) is 24.3 Å². The molecular formula is C17H26ClNO4S. The van der Waals surface area contributed by atoms with Crippen LogP contribution in [0.2, 0.25) is 5.02 Å². The summed E-state index contributed by atoms with van der Waals surface area (Å²) in [5.74, 6) is -0.0232. The summed E-state index contributed by atoms with van der Waals surface area (Å²) in [6, 6.07) is 7.10. The first-order valence-electron chi connectivity index (χ1n) is 8.17. The average molecular weight is 376 g/mol. The van der Waals surface area contributed by atoms with Crippen LogP contribution < -0.4 is 4.74 Å². The van der Waals surface area contributed by atoms with E-state index in [4.69, 9.17) is 16.3 Å². The van der Waals surface area contributed by atoms with Crippen molar-refractivity contribution >= 4 is 27.3 Å². The minimum absolute atomic E-state index is 0.0816. The molecule has 0 saturated carbocycles. The molecule has 0 aliphatic heterocycles. The molecule has 0 aliphatic rings. The number of rotatable bonds is 11. The third-order valence-corrected chi connectivity index (χ3v) is 5.36. The minimum atomic E-state index is -3.31. The normalized spacial score (nSPS) is 11.3. The second-order valence-electron chi connectivity index (χ2n) is 5.77. The number of sulfone groups is 1. The number of amides is 1. The van der Waals surface area contributed by atoms with Crippen LogP contribution in [0.25, 0.3) is 0 Å². The van der Waals surface area contributed by atoms with E-state index in [9.17, 15) is 13.2 Å². The molecule has 0 aliphatic carbocycles. The van der Waals surface area contributed by atoms with Crippen molar-refractivity contribution in [2.75, 3.05) is 31.7 Å². The molecule has 0 fully saturated rings. The van der Waals surface area contributed by atoms with Crippen molar-refractivity contribution in [2.24, 2.45) is 0 Å². The highest BCUT2D eigenvalue weighted by Gasteiger charge is 2.19. The molecule has 1 rings (SSSR count). The molecule has 0 radical (unpaired) electrons. The van der Waals surface area contributed by atoms with Crippen molar-refractivity contribution in [2.45, 2.75) is 32.6 Å². The summed E-state index contributed by atoms with van der Waals surface area (Å²) >= 11 is 5.87. The molecule has 0 aromatic heterocycles. The third kappa shape index (κ3) is 8.55. The Hall–Kier alpha value is -1.27. The highest BCUT2D eigenvalue weighted by molar-refractivity contribution is 7.92. The van der Waals surface area contributed by atoms with E-state index >= 15 is 0 Å². The largest absolute Gasteiger partial charge is 0.493 e. The van der Waals surface area contributed by atoms with Gasteiger partial charge in [-0.2, -0.15) is 0 Å². The van der Waals surface area contributed by atoms with Gasteiger partial charge in [0.1, 0.15) is 11.5 Å². The Morgan fingerprint density at radius 2 is 2.00 bits per heavy atom. The summed E-state index contributed by atoms with van der Waals surface area (Å²) in [5.41, 5.74) is 0. The Bertz CT molecular complexity index is 619. The van der Waals surface area contributed by atoms with Gasteiger partial charge in [-0.1, -0.05) is 37.4 Å². The van der Waals surface area contributed by atoms with Gasteiger partial charge >= 0.3 is 0 Å². The monoisotopic (exact) mass is 375 g/mol. The lowest BCUT2D eigenvalue weighted by Crippen LogP contribution is -2.34. The Balaban J connectivity index is 2.28. The Morgan fingerprint density at radius 3 is 2.67 bits per heavy atom. The lowest BCUT2D eigenvalue weighted by atomic mass is 10.3. The zero-order valence-electron chi connectivity index (χ0n) is 14.3. The molecule has 1 aromatic rings. The first-order valence-corrected chi connectivity index (χ1v) is 10.4. The number of carbonyl (C=O) groups excluding carboxylic acids is 1. The fourth-order valence-corrected chi connectivity index (χ4v) is 3.68. The van der Waals surface area contributed by atoms with Gasteiger partial charge in [-0.05, 0) is 31.0 Å². The third-order valence-electron chi connectivity index (χ3n) is 3.53. The number of halogens is 1. The van der Waals surface area contributed by atoms with Crippen LogP contribution in [0, 0.1) is 0 Å². The Morgan fingerprint density at radius 1 is 1.25 bits per heavy atom. The van der Waals surface area contributed by atoms with E-state index in [2.05, 4.69) is 0 Å². The van der Waals surface area contributed by atoms with E-state index < -0.39 is 15.6 Å². The molecule has 24 heavy (non-hydrogen) atoms. The lowest BCUT2D eigenvalue weighted by Gasteiger charge is -2.17. The second-order valence-corrected chi connectivity index (χ2v) is 8.39. The number of carbonyl (C=O) groups is 1. The van der Waals surface area contributed by atoms with Crippen LogP contribution in [0.1, 0.15) is 32.6 Å². The molecule has 0 atom stereocenters. The molecule has 7 heteroatoms. The summed E-state index contributed by atoms with van der Waals surface area (Å²) in [6.45, 7) is 2.89. The van der Waals surface area contributed by atoms with Crippen LogP contribution in [0.4, 0.5) is 0 Å². The maximum Gasteiger partial charge on any atom is 0.237 e.